The predicted molar refractivity (Wildman–Crippen MR) is 202 cm³/mol. The summed E-state index contributed by atoms with van der Waals surface area (Å²) in [5.41, 5.74) is 2.05. The number of hydrogen-bond donors (Lipinski definition) is 0. The van der Waals surface area contributed by atoms with Crippen molar-refractivity contribution < 1.29 is 47.5 Å². The number of amides is 1. The van der Waals surface area contributed by atoms with Gasteiger partial charge in [-0.15, -0.1) is 0 Å². The van der Waals surface area contributed by atoms with Crippen LogP contribution >= 0.6 is 0 Å². The van der Waals surface area contributed by atoms with Crippen molar-refractivity contribution in [2.45, 2.75) is 89.4 Å². The number of nitrogens with zero attached hydrogens (tertiary/aromatic N) is 1. The van der Waals surface area contributed by atoms with Crippen LogP contribution in [0.1, 0.15) is 43.0 Å². The van der Waals surface area contributed by atoms with Gasteiger partial charge in [-0.1, -0.05) is 121 Å². The van der Waals surface area contributed by atoms with E-state index in [4.69, 9.17) is 33.2 Å². The Bertz CT molecular complexity index is 1810. The summed E-state index contributed by atoms with van der Waals surface area (Å²) in [7, 11) is 0. The van der Waals surface area contributed by atoms with E-state index in [0.717, 1.165) is 22.3 Å². The Balaban J connectivity index is 1.48. The van der Waals surface area contributed by atoms with Crippen LogP contribution in [0.25, 0.3) is 0 Å². The fraction of sp³-hybridized carbons (Fsp3) is 0.386. The van der Waals surface area contributed by atoms with Gasteiger partial charge in [0.25, 0.3) is 0 Å². The van der Waals surface area contributed by atoms with Crippen LogP contribution in [-0.4, -0.2) is 84.7 Å². The minimum absolute atomic E-state index is 0.0258. The largest absolute Gasteiger partial charge is 0.457 e. The lowest BCUT2D eigenvalue weighted by Gasteiger charge is -2.58. The summed E-state index contributed by atoms with van der Waals surface area (Å²) in [5.74, 6) is -1.52. The molecule has 2 saturated heterocycles. The molecule has 2 heterocycles. The number of carbonyl (C=O) groups is 3. The lowest BCUT2D eigenvalue weighted by atomic mass is 9.75. The van der Waals surface area contributed by atoms with Crippen molar-refractivity contribution in [1.82, 2.24) is 4.90 Å². The standard InChI is InChI=1S/C44H49NO10/c1-31(46)45-24-38(53-32(2)47)42(54-33(3)48)44(30-45)43(52-28-37-22-14-7-15-23-37)41(51-27-36-20-12-6-13-21-36)40(50-26-35-18-10-5-11-19-35)39(55-44)29-49-25-34-16-8-4-9-17-34/h4-23,38-43H,24-30H2,1-3H3/t38-,39-,40-,41+,42-,43-,44+/m1/s1. The van der Waals surface area contributed by atoms with Gasteiger partial charge in [-0.2, -0.15) is 0 Å². The number of hydrogen-bond acceptors (Lipinski definition) is 10. The number of piperidine rings is 1. The molecule has 0 aliphatic carbocycles. The summed E-state index contributed by atoms with van der Waals surface area (Å²) < 4.78 is 46.2. The molecule has 2 fully saturated rings. The van der Waals surface area contributed by atoms with Gasteiger partial charge in [0.05, 0.1) is 46.1 Å². The van der Waals surface area contributed by atoms with Crippen LogP contribution in [-0.2, 0) is 74.0 Å². The fourth-order valence-electron chi connectivity index (χ4n) is 7.33. The number of benzene rings is 4. The van der Waals surface area contributed by atoms with Crippen molar-refractivity contribution in [3.63, 3.8) is 0 Å². The first kappa shape index (κ1) is 39.8. The van der Waals surface area contributed by atoms with E-state index in [1.165, 1.54) is 25.7 Å². The van der Waals surface area contributed by atoms with Crippen LogP contribution in [0.3, 0.4) is 0 Å². The Morgan fingerprint density at radius 3 is 1.53 bits per heavy atom. The van der Waals surface area contributed by atoms with Crippen LogP contribution in [0.2, 0.25) is 0 Å². The molecule has 290 valence electrons. The van der Waals surface area contributed by atoms with Crippen LogP contribution in [0.4, 0.5) is 0 Å². The third-order valence-electron chi connectivity index (χ3n) is 9.79. The molecule has 11 nitrogen and oxygen atoms in total. The molecule has 11 heteroatoms. The number of ether oxygens (including phenoxy) is 7. The normalized spacial score (nSPS) is 25.0. The molecular formula is C44H49NO10. The van der Waals surface area contributed by atoms with Gasteiger partial charge in [-0.3, -0.25) is 14.4 Å². The van der Waals surface area contributed by atoms with Crippen LogP contribution in [0, 0.1) is 0 Å². The SMILES string of the molecule is CC(=O)O[C@@H]1[C@H](OC(C)=O)CN(C(C)=O)C[C@]12O[C@H](COCc1ccccc1)[C@@H](OCc1ccccc1)[C@H](OCc1ccccc1)[C@H]2OCc1ccccc1. The van der Waals surface area contributed by atoms with E-state index >= 15 is 0 Å². The molecule has 0 bridgehead atoms. The summed E-state index contributed by atoms with van der Waals surface area (Å²) >= 11 is 0. The van der Waals surface area contributed by atoms with Gasteiger partial charge in [0.2, 0.25) is 5.91 Å². The van der Waals surface area contributed by atoms with Crippen LogP contribution < -0.4 is 0 Å². The van der Waals surface area contributed by atoms with Gasteiger partial charge in [0, 0.05) is 20.8 Å². The topological polar surface area (TPSA) is 119 Å². The van der Waals surface area contributed by atoms with E-state index in [1.54, 1.807) is 0 Å². The monoisotopic (exact) mass is 751 g/mol. The molecule has 0 aromatic heterocycles. The zero-order valence-electron chi connectivity index (χ0n) is 31.5. The van der Waals surface area contributed by atoms with E-state index in [9.17, 15) is 14.4 Å². The molecule has 55 heavy (non-hydrogen) atoms. The predicted octanol–water partition coefficient (Wildman–Crippen LogP) is 5.82. The molecule has 0 radical (unpaired) electrons. The van der Waals surface area contributed by atoms with Gasteiger partial charge in [0.15, 0.2) is 17.8 Å². The Hall–Kier alpha value is -4.91. The van der Waals surface area contributed by atoms with E-state index in [2.05, 4.69) is 0 Å². The fourth-order valence-corrected chi connectivity index (χ4v) is 7.33. The van der Waals surface area contributed by atoms with Crippen molar-refractivity contribution in [3.05, 3.63) is 144 Å². The zero-order valence-corrected chi connectivity index (χ0v) is 31.5. The van der Waals surface area contributed by atoms with Crippen LogP contribution in [0.15, 0.2) is 121 Å². The van der Waals surface area contributed by atoms with E-state index in [-0.39, 0.29) is 52.0 Å². The van der Waals surface area contributed by atoms with Gasteiger partial charge in [0.1, 0.15) is 24.4 Å². The summed E-state index contributed by atoms with van der Waals surface area (Å²) in [5, 5.41) is 0. The Morgan fingerprint density at radius 2 is 1.05 bits per heavy atom. The highest BCUT2D eigenvalue weighted by Gasteiger charge is 2.66. The molecule has 7 atom stereocenters. The van der Waals surface area contributed by atoms with E-state index in [0.29, 0.717) is 0 Å². The highest BCUT2D eigenvalue weighted by Crippen LogP contribution is 2.44. The van der Waals surface area contributed by atoms with Crippen molar-refractivity contribution in [2.75, 3.05) is 19.7 Å². The minimum atomic E-state index is -1.63. The number of likely N-dealkylation sites (tertiary alicyclic amines) is 1. The summed E-state index contributed by atoms with van der Waals surface area (Å²) in [6.45, 7) is 4.74. The molecule has 1 spiro atoms. The maximum absolute atomic E-state index is 13.3. The molecule has 2 aliphatic heterocycles. The average Bonchev–Trinajstić information content (AvgIpc) is 3.18. The first-order valence-electron chi connectivity index (χ1n) is 18.6. The summed E-state index contributed by atoms with van der Waals surface area (Å²) in [6, 6.07) is 38.9. The highest BCUT2D eigenvalue weighted by molar-refractivity contribution is 5.74. The zero-order chi connectivity index (χ0) is 38.6. The Morgan fingerprint density at radius 1 is 0.600 bits per heavy atom. The molecular weight excluding hydrogens is 702 g/mol. The number of rotatable bonds is 15. The van der Waals surface area contributed by atoms with Crippen molar-refractivity contribution >= 4 is 17.8 Å². The molecule has 2 aliphatic rings. The van der Waals surface area contributed by atoms with Gasteiger partial charge in [-0.25, -0.2) is 0 Å². The number of esters is 2. The average molecular weight is 752 g/mol. The second kappa shape index (κ2) is 19.1. The van der Waals surface area contributed by atoms with Gasteiger partial charge >= 0.3 is 11.9 Å². The molecule has 0 N–H and O–H groups in total. The Kier molecular flexibility index (Phi) is 13.8. The second-order valence-corrected chi connectivity index (χ2v) is 13.9. The summed E-state index contributed by atoms with van der Waals surface area (Å²) in [4.78, 5) is 40.4. The molecule has 6 rings (SSSR count). The highest BCUT2D eigenvalue weighted by atomic mass is 16.7. The van der Waals surface area contributed by atoms with Crippen LogP contribution in [0.5, 0.6) is 0 Å². The lowest BCUT2D eigenvalue weighted by molar-refractivity contribution is -0.344. The van der Waals surface area contributed by atoms with Crippen molar-refractivity contribution in [1.29, 1.82) is 0 Å². The third kappa shape index (κ3) is 10.4. The lowest BCUT2D eigenvalue weighted by Crippen LogP contribution is -2.78. The number of carbonyl (C=O) groups excluding carboxylic acids is 3. The third-order valence-corrected chi connectivity index (χ3v) is 9.79. The van der Waals surface area contributed by atoms with Gasteiger partial charge < -0.3 is 38.1 Å². The van der Waals surface area contributed by atoms with E-state index in [1.807, 2.05) is 121 Å². The smallest absolute Gasteiger partial charge is 0.303 e. The first-order valence-corrected chi connectivity index (χ1v) is 18.6. The molecule has 0 saturated carbocycles. The molecule has 4 aromatic carbocycles. The summed E-state index contributed by atoms with van der Waals surface area (Å²) in [6.07, 6.45) is -5.84. The molecule has 0 unspecified atom stereocenters. The molecule has 1 amide bonds. The van der Waals surface area contributed by atoms with Crippen molar-refractivity contribution in [2.24, 2.45) is 0 Å². The van der Waals surface area contributed by atoms with E-state index < -0.39 is 54.2 Å². The maximum atomic E-state index is 13.3. The second-order valence-electron chi connectivity index (χ2n) is 13.9. The van der Waals surface area contributed by atoms with Crippen molar-refractivity contribution in [3.8, 4) is 0 Å². The van der Waals surface area contributed by atoms with Gasteiger partial charge in [-0.05, 0) is 22.3 Å². The first-order chi connectivity index (χ1) is 26.7. The Labute approximate surface area is 322 Å². The minimum Gasteiger partial charge on any atom is -0.457 e. The molecule has 4 aromatic rings. The maximum Gasteiger partial charge on any atom is 0.303 e. The quantitative estimate of drug-likeness (QED) is 0.138.